The van der Waals surface area contributed by atoms with Crippen molar-refractivity contribution < 1.29 is 18.0 Å². The zero-order valence-electron chi connectivity index (χ0n) is 14.4. The third-order valence-corrected chi connectivity index (χ3v) is 6.50. The van der Waals surface area contributed by atoms with Crippen molar-refractivity contribution in [2.75, 3.05) is 45.6 Å². The average molecular weight is 366 g/mol. The van der Waals surface area contributed by atoms with Crippen LogP contribution in [0.25, 0.3) is 0 Å². The van der Waals surface area contributed by atoms with Crippen LogP contribution >= 0.6 is 0 Å². The van der Waals surface area contributed by atoms with Gasteiger partial charge in [0.05, 0.1) is 0 Å². The van der Waals surface area contributed by atoms with Crippen molar-refractivity contribution in [3.8, 4) is 0 Å². The summed E-state index contributed by atoms with van der Waals surface area (Å²) in [5, 5.41) is 2.80. The summed E-state index contributed by atoms with van der Waals surface area (Å²) >= 11 is 0. The number of nitrogens with zero attached hydrogens (tertiary/aromatic N) is 3. The van der Waals surface area contributed by atoms with Crippen LogP contribution in [-0.2, 0) is 21.4 Å². The molecule has 1 aromatic rings. The standard InChI is InChI=1S/C16H22N4O4S/c1-18(2)25(23,24)20-9-7-19(8-10-20)16(22)13-3-5-14-12(11-13)4-6-15(21)17-14/h3,5,11H,4,6-10H2,1-2H3,(H,17,21). The van der Waals surface area contributed by atoms with Gasteiger partial charge in [0.2, 0.25) is 5.91 Å². The highest BCUT2D eigenvalue weighted by atomic mass is 32.2. The summed E-state index contributed by atoms with van der Waals surface area (Å²) in [6.07, 6.45) is 1.04. The lowest BCUT2D eigenvalue weighted by molar-refractivity contribution is -0.116. The fraction of sp³-hybridized carbons (Fsp3) is 0.500. The van der Waals surface area contributed by atoms with Gasteiger partial charge in [0.1, 0.15) is 0 Å². The van der Waals surface area contributed by atoms with E-state index in [1.807, 2.05) is 6.07 Å². The lowest BCUT2D eigenvalue weighted by Gasteiger charge is -2.35. The van der Waals surface area contributed by atoms with Crippen LogP contribution in [0.3, 0.4) is 0 Å². The molecular formula is C16H22N4O4S. The molecule has 9 heteroatoms. The molecule has 0 aromatic heterocycles. The van der Waals surface area contributed by atoms with Gasteiger partial charge in [0, 0.05) is 57.9 Å². The number of benzene rings is 1. The van der Waals surface area contributed by atoms with Crippen LogP contribution in [0.2, 0.25) is 0 Å². The van der Waals surface area contributed by atoms with E-state index in [0.29, 0.717) is 31.5 Å². The highest BCUT2D eigenvalue weighted by Crippen LogP contribution is 2.24. The predicted octanol–water partition coefficient (Wildman–Crippen LogP) is 0.136. The summed E-state index contributed by atoms with van der Waals surface area (Å²) in [7, 11) is -0.445. The SMILES string of the molecule is CN(C)S(=O)(=O)N1CCN(C(=O)c2ccc3c(c2)CCC(=O)N3)CC1. The first-order valence-corrected chi connectivity index (χ1v) is 9.58. The van der Waals surface area contributed by atoms with Crippen molar-refractivity contribution in [2.24, 2.45) is 0 Å². The molecule has 8 nitrogen and oxygen atoms in total. The second-order valence-electron chi connectivity index (χ2n) is 6.40. The Hall–Kier alpha value is -1.97. The number of carbonyl (C=O) groups excluding carboxylic acids is 2. The Labute approximate surface area is 147 Å². The van der Waals surface area contributed by atoms with Crippen LogP contribution in [0.1, 0.15) is 22.3 Å². The lowest BCUT2D eigenvalue weighted by atomic mass is 10.00. The number of carbonyl (C=O) groups is 2. The topological polar surface area (TPSA) is 90.0 Å². The van der Waals surface area contributed by atoms with Crippen molar-refractivity contribution >= 4 is 27.7 Å². The second kappa shape index (κ2) is 6.74. The van der Waals surface area contributed by atoms with Crippen molar-refractivity contribution in [3.05, 3.63) is 29.3 Å². The number of nitrogens with one attached hydrogen (secondary N) is 1. The Morgan fingerprint density at radius 2 is 1.80 bits per heavy atom. The number of amides is 2. The van der Waals surface area contributed by atoms with Gasteiger partial charge in [-0.1, -0.05) is 0 Å². The second-order valence-corrected chi connectivity index (χ2v) is 8.54. The Kier molecular flexibility index (Phi) is 4.81. The van der Waals surface area contributed by atoms with Crippen molar-refractivity contribution in [1.82, 2.24) is 13.5 Å². The van der Waals surface area contributed by atoms with Crippen molar-refractivity contribution in [3.63, 3.8) is 0 Å². The average Bonchev–Trinajstić information content (AvgIpc) is 2.60. The monoisotopic (exact) mass is 366 g/mol. The molecule has 1 aromatic carbocycles. The molecule has 0 radical (unpaired) electrons. The van der Waals surface area contributed by atoms with E-state index in [9.17, 15) is 18.0 Å². The Morgan fingerprint density at radius 3 is 2.44 bits per heavy atom. The summed E-state index contributed by atoms with van der Waals surface area (Å²) < 4.78 is 26.8. The van der Waals surface area contributed by atoms with Gasteiger partial charge in [-0.3, -0.25) is 9.59 Å². The molecule has 2 aliphatic heterocycles. The quantitative estimate of drug-likeness (QED) is 0.824. The van der Waals surface area contributed by atoms with Crippen molar-refractivity contribution in [2.45, 2.75) is 12.8 Å². The predicted molar refractivity (Wildman–Crippen MR) is 93.5 cm³/mol. The molecule has 0 aliphatic carbocycles. The molecule has 2 heterocycles. The van der Waals surface area contributed by atoms with E-state index >= 15 is 0 Å². The molecular weight excluding hydrogens is 344 g/mol. The first-order chi connectivity index (χ1) is 11.8. The maximum Gasteiger partial charge on any atom is 0.281 e. The van der Waals surface area contributed by atoms with Gasteiger partial charge in [0.25, 0.3) is 16.1 Å². The number of piperazine rings is 1. The first kappa shape index (κ1) is 17.8. The van der Waals surface area contributed by atoms with Crippen LogP contribution < -0.4 is 5.32 Å². The summed E-state index contributed by atoms with van der Waals surface area (Å²) in [5.41, 5.74) is 2.28. The molecule has 0 unspecified atom stereocenters. The normalized spacial score (nSPS) is 18.8. The van der Waals surface area contributed by atoms with Gasteiger partial charge in [-0.05, 0) is 30.2 Å². The van der Waals surface area contributed by atoms with E-state index in [4.69, 9.17) is 0 Å². The van der Waals surface area contributed by atoms with Crippen LogP contribution in [-0.4, -0.2) is 74.0 Å². The van der Waals surface area contributed by atoms with E-state index in [-0.39, 0.29) is 24.9 Å². The van der Waals surface area contributed by atoms with E-state index < -0.39 is 10.2 Å². The Bertz CT molecular complexity index is 798. The summed E-state index contributed by atoms with van der Waals surface area (Å²) in [5.74, 6) is -0.119. The Balaban J connectivity index is 1.68. The molecule has 0 atom stereocenters. The maximum atomic E-state index is 12.7. The number of fused-ring (bicyclic) bond motifs is 1. The first-order valence-electron chi connectivity index (χ1n) is 8.18. The molecule has 2 amide bonds. The molecule has 1 N–H and O–H groups in total. The lowest BCUT2D eigenvalue weighted by Crippen LogP contribution is -2.53. The number of rotatable bonds is 3. The number of hydrogen-bond acceptors (Lipinski definition) is 4. The van der Waals surface area contributed by atoms with Gasteiger partial charge in [0.15, 0.2) is 0 Å². The summed E-state index contributed by atoms with van der Waals surface area (Å²) in [6.45, 7) is 1.29. The van der Waals surface area contributed by atoms with Crippen LogP contribution in [0.15, 0.2) is 18.2 Å². The zero-order valence-corrected chi connectivity index (χ0v) is 15.2. The largest absolute Gasteiger partial charge is 0.336 e. The summed E-state index contributed by atoms with van der Waals surface area (Å²) in [6, 6.07) is 5.28. The molecule has 1 fully saturated rings. The molecule has 3 rings (SSSR count). The Morgan fingerprint density at radius 1 is 1.12 bits per heavy atom. The minimum absolute atomic E-state index is 0.00944. The fourth-order valence-electron chi connectivity index (χ4n) is 3.05. The smallest absolute Gasteiger partial charge is 0.281 e. The summed E-state index contributed by atoms with van der Waals surface area (Å²) in [4.78, 5) is 25.8. The molecule has 1 saturated heterocycles. The van der Waals surface area contributed by atoms with E-state index in [1.165, 1.54) is 22.7 Å². The van der Waals surface area contributed by atoms with Crippen LogP contribution in [0, 0.1) is 0 Å². The minimum atomic E-state index is -3.44. The third-order valence-electron chi connectivity index (χ3n) is 4.56. The van der Waals surface area contributed by atoms with Gasteiger partial charge in [-0.25, -0.2) is 0 Å². The number of anilines is 1. The molecule has 136 valence electrons. The third kappa shape index (κ3) is 3.53. The van der Waals surface area contributed by atoms with Gasteiger partial charge >= 0.3 is 0 Å². The van der Waals surface area contributed by atoms with E-state index in [2.05, 4.69) is 5.32 Å². The minimum Gasteiger partial charge on any atom is -0.336 e. The highest BCUT2D eigenvalue weighted by molar-refractivity contribution is 7.86. The maximum absolute atomic E-state index is 12.7. The molecule has 25 heavy (non-hydrogen) atoms. The van der Waals surface area contributed by atoms with E-state index in [1.54, 1.807) is 17.0 Å². The van der Waals surface area contributed by atoms with Crippen LogP contribution in [0.5, 0.6) is 0 Å². The molecule has 0 saturated carbocycles. The zero-order chi connectivity index (χ0) is 18.2. The van der Waals surface area contributed by atoms with Gasteiger partial charge < -0.3 is 10.2 Å². The molecule has 2 aliphatic rings. The van der Waals surface area contributed by atoms with E-state index in [0.717, 1.165) is 11.3 Å². The highest BCUT2D eigenvalue weighted by Gasteiger charge is 2.30. The fourth-order valence-corrected chi connectivity index (χ4v) is 4.14. The van der Waals surface area contributed by atoms with Crippen molar-refractivity contribution in [1.29, 1.82) is 0 Å². The van der Waals surface area contributed by atoms with Gasteiger partial charge in [-0.15, -0.1) is 0 Å². The number of aryl methyl sites for hydroxylation is 1. The number of hydrogen-bond donors (Lipinski definition) is 1. The van der Waals surface area contributed by atoms with Crippen LogP contribution in [0.4, 0.5) is 5.69 Å². The van der Waals surface area contributed by atoms with Gasteiger partial charge in [-0.2, -0.15) is 17.0 Å². The molecule has 0 spiro atoms. The molecule has 0 bridgehead atoms.